The molecule has 0 aliphatic rings. The topological polar surface area (TPSA) is 78.8 Å². The highest BCUT2D eigenvalue weighted by molar-refractivity contribution is 14.0. The van der Waals surface area contributed by atoms with E-state index in [-0.39, 0.29) is 36.7 Å². The van der Waals surface area contributed by atoms with Crippen molar-refractivity contribution in [2.24, 2.45) is 4.99 Å². The van der Waals surface area contributed by atoms with Crippen LogP contribution in [0.15, 0.2) is 59.7 Å². The molecule has 0 amide bonds. The minimum Gasteiger partial charge on any atom is -0.389 e. The highest BCUT2D eigenvalue weighted by Gasteiger charge is 2.10. The summed E-state index contributed by atoms with van der Waals surface area (Å²) in [6.07, 6.45) is 1.07. The van der Waals surface area contributed by atoms with Gasteiger partial charge in [0.15, 0.2) is 5.96 Å². The zero-order valence-corrected chi connectivity index (χ0v) is 18.2. The van der Waals surface area contributed by atoms with E-state index in [1.54, 1.807) is 6.20 Å². The smallest absolute Gasteiger partial charge is 0.191 e. The molecule has 1 aromatic heterocycles. The summed E-state index contributed by atoms with van der Waals surface area (Å²) in [7, 11) is 0. The van der Waals surface area contributed by atoms with Crippen molar-refractivity contribution >= 4 is 29.9 Å². The van der Waals surface area contributed by atoms with E-state index in [9.17, 15) is 5.11 Å². The number of aliphatic imine (C=N–C) groups is 1. The fourth-order valence-corrected chi connectivity index (χ4v) is 2.34. The number of ether oxygens (including phenoxy) is 1. The normalized spacial score (nSPS) is 13.4. The number of halogens is 1. The molecule has 2 unspecified atom stereocenters. The van der Waals surface area contributed by atoms with Crippen molar-refractivity contribution in [1.29, 1.82) is 0 Å². The third-order valence-corrected chi connectivity index (χ3v) is 3.78. The second kappa shape index (κ2) is 13.5. The van der Waals surface area contributed by atoms with Gasteiger partial charge in [-0.15, -0.1) is 24.0 Å². The van der Waals surface area contributed by atoms with E-state index < -0.39 is 6.10 Å². The molecule has 7 heteroatoms. The predicted molar refractivity (Wildman–Crippen MR) is 119 cm³/mol. The molecule has 1 aromatic carbocycles. The standard InChI is InChI=1S/C20H28N4O2.HI/c1-3-21-20(23-13-18-11-7-8-12-22-18)24-14-19(25)15-26-16(2)17-9-5-4-6-10-17;/h4-12,16,19,25H,3,13-15H2,1-2H3,(H2,21,23,24);1H. The van der Waals surface area contributed by atoms with Gasteiger partial charge in [0.2, 0.25) is 0 Å². The Balaban J connectivity index is 0.00000364. The van der Waals surface area contributed by atoms with Crippen LogP contribution in [0.25, 0.3) is 0 Å². The number of aromatic nitrogens is 1. The maximum atomic E-state index is 10.2. The zero-order chi connectivity index (χ0) is 18.6. The summed E-state index contributed by atoms with van der Waals surface area (Å²) in [4.78, 5) is 8.73. The molecule has 2 atom stereocenters. The number of aliphatic hydroxyl groups is 1. The van der Waals surface area contributed by atoms with E-state index in [4.69, 9.17) is 4.74 Å². The molecule has 2 rings (SSSR count). The molecule has 0 saturated heterocycles. The number of aliphatic hydroxyl groups excluding tert-OH is 1. The van der Waals surface area contributed by atoms with Crippen LogP contribution in [-0.4, -0.2) is 41.9 Å². The molecule has 0 aliphatic carbocycles. The minimum atomic E-state index is -0.625. The summed E-state index contributed by atoms with van der Waals surface area (Å²) in [5.41, 5.74) is 1.99. The molecule has 0 radical (unpaired) electrons. The molecule has 0 fully saturated rings. The van der Waals surface area contributed by atoms with Gasteiger partial charge in [0.05, 0.1) is 31.1 Å². The lowest BCUT2D eigenvalue weighted by Crippen LogP contribution is -2.42. The van der Waals surface area contributed by atoms with Gasteiger partial charge in [0.1, 0.15) is 0 Å². The number of pyridine rings is 1. The molecule has 3 N–H and O–H groups in total. The average Bonchev–Trinajstić information content (AvgIpc) is 2.69. The molecule has 27 heavy (non-hydrogen) atoms. The van der Waals surface area contributed by atoms with Crippen molar-refractivity contribution in [3.63, 3.8) is 0 Å². The first-order valence-electron chi connectivity index (χ1n) is 8.95. The number of guanidine groups is 1. The lowest BCUT2D eigenvalue weighted by atomic mass is 10.1. The van der Waals surface area contributed by atoms with Crippen molar-refractivity contribution in [1.82, 2.24) is 15.6 Å². The van der Waals surface area contributed by atoms with Crippen molar-refractivity contribution in [3.8, 4) is 0 Å². The molecular weight excluding hydrogens is 455 g/mol. The second-order valence-electron chi connectivity index (χ2n) is 5.94. The van der Waals surface area contributed by atoms with Gasteiger partial charge in [-0.3, -0.25) is 4.98 Å². The number of nitrogens with one attached hydrogen (secondary N) is 2. The number of benzene rings is 1. The summed E-state index contributed by atoms with van der Waals surface area (Å²) >= 11 is 0. The van der Waals surface area contributed by atoms with E-state index in [1.807, 2.05) is 62.4 Å². The van der Waals surface area contributed by atoms with Crippen LogP contribution in [0.2, 0.25) is 0 Å². The maximum Gasteiger partial charge on any atom is 0.191 e. The van der Waals surface area contributed by atoms with Crippen molar-refractivity contribution < 1.29 is 9.84 Å². The van der Waals surface area contributed by atoms with E-state index in [2.05, 4.69) is 20.6 Å². The van der Waals surface area contributed by atoms with Gasteiger partial charge in [-0.2, -0.15) is 0 Å². The quantitative estimate of drug-likeness (QED) is 0.290. The Morgan fingerprint density at radius 2 is 1.89 bits per heavy atom. The minimum absolute atomic E-state index is 0. The van der Waals surface area contributed by atoms with E-state index >= 15 is 0 Å². The molecule has 6 nitrogen and oxygen atoms in total. The Morgan fingerprint density at radius 3 is 2.56 bits per heavy atom. The second-order valence-corrected chi connectivity index (χ2v) is 5.94. The first kappa shape index (κ1) is 23.3. The molecule has 0 saturated carbocycles. The number of rotatable bonds is 9. The zero-order valence-electron chi connectivity index (χ0n) is 15.8. The highest BCUT2D eigenvalue weighted by atomic mass is 127. The van der Waals surface area contributed by atoms with Gasteiger partial charge >= 0.3 is 0 Å². The van der Waals surface area contributed by atoms with Gasteiger partial charge in [-0.05, 0) is 31.5 Å². The third-order valence-electron chi connectivity index (χ3n) is 3.78. The summed E-state index contributed by atoms with van der Waals surface area (Å²) < 4.78 is 5.75. The van der Waals surface area contributed by atoms with Crippen LogP contribution in [0, 0.1) is 0 Å². The van der Waals surface area contributed by atoms with Gasteiger partial charge in [0.25, 0.3) is 0 Å². The summed E-state index contributed by atoms with van der Waals surface area (Å²) in [6.45, 7) is 5.81. The number of hydrogen-bond acceptors (Lipinski definition) is 4. The lowest BCUT2D eigenvalue weighted by Gasteiger charge is -2.18. The molecule has 0 bridgehead atoms. The molecular formula is C20H29IN4O2. The SMILES string of the molecule is CCNC(=NCc1ccccn1)NCC(O)COC(C)c1ccccc1.I. The maximum absolute atomic E-state index is 10.2. The Hall–Kier alpha value is -1.71. The summed E-state index contributed by atoms with van der Waals surface area (Å²) in [5, 5.41) is 16.5. The number of nitrogens with zero attached hydrogens (tertiary/aromatic N) is 2. The van der Waals surface area contributed by atoms with Gasteiger partial charge in [0, 0.05) is 19.3 Å². The van der Waals surface area contributed by atoms with Gasteiger partial charge in [-0.1, -0.05) is 36.4 Å². The van der Waals surface area contributed by atoms with Crippen LogP contribution in [-0.2, 0) is 11.3 Å². The van der Waals surface area contributed by atoms with Crippen LogP contribution in [0.5, 0.6) is 0 Å². The highest BCUT2D eigenvalue weighted by Crippen LogP contribution is 2.15. The van der Waals surface area contributed by atoms with Gasteiger partial charge < -0.3 is 20.5 Å². The third kappa shape index (κ3) is 9.16. The monoisotopic (exact) mass is 484 g/mol. The first-order chi connectivity index (χ1) is 12.7. The molecule has 0 aliphatic heterocycles. The van der Waals surface area contributed by atoms with Crippen LogP contribution in [0.4, 0.5) is 0 Å². The molecule has 0 spiro atoms. The first-order valence-corrected chi connectivity index (χ1v) is 8.95. The molecule has 2 aromatic rings. The fourth-order valence-electron chi connectivity index (χ4n) is 2.34. The van der Waals surface area contributed by atoms with E-state index in [1.165, 1.54) is 0 Å². The Labute approximate surface area is 178 Å². The van der Waals surface area contributed by atoms with E-state index in [0.29, 0.717) is 19.0 Å². The van der Waals surface area contributed by atoms with Crippen molar-refractivity contribution in [3.05, 3.63) is 66.0 Å². The Kier molecular flexibility index (Phi) is 11.6. The average molecular weight is 484 g/mol. The number of hydrogen-bond donors (Lipinski definition) is 3. The molecule has 148 valence electrons. The Bertz CT molecular complexity index is 656. The summed E-state index contributed by atoms with van der Waals surface area (Å²) in [6, 6.07) is 15.7. The summed E-state index contributed by atoms with van der Waals surface area (Å²) in [5.74, 6) is 0.647. The fraction of sp³-hybridized carbons (Fsp3) is 0.400. The Morgan fingerprint density at radius 1 is 1.15 bits per heavy atom. The van der Waals surface area contributed by atoms with Crippen LogP contribution < -0.4 is 10.6 Å². The predicted octanol–water partition coefficient (Wildman–Crippen LogP) is 2.89. The van der Waals surface area contributed by atoms with Crippen molar-refractivity contribution in [2.45, 2.75) is 32.6 Å². The van der Waals surface area contributed by atoms with Crippen molar-refractivity contribution in [2.75, 3.05) is 19.7 Å². The van der Waals surface area contributed by atoms with Crippen LogP contribution in [0.1, 0.15) is 31.2 Å². The van der Waals surface area contributed by atoms with Crippen LogP contribution >= 0.6 is 24.0 Å². The van der Waals surface area contributed by atoms with E-state index in [0.717, 1.165) is 17.8 Å². The van der Waals surface area contributed by atoms with Crippen LogP contribution in [0.3, 0.4) is 0 Å². The lowest BCUT2D eigenvalue weighted by molar-refractivity contribution is -0.000599. The molecule has 1 heterocycles. The largest absolute Gasteiger partial charge is 0.389 e. The van der Waals surface area contributed by atoms with Gasteiger partial charge in [-0.25, -0.2) is 4.99 Å².